The summed E-state index contributed by atoms with van der Waals surface area (Å²) in [4.78, 5) is 0. The van der Waals surface area contributed by atoms with E-state index in [1.165, 1.54) is 17.5 Å². The van der Waals surface area contributed by atoms with Gasteiger partial charge in [0.15, 0.2) is 17.6 Å². The second-order valence-corrected chi connectivity index (χ2v) is 6.29. The van der Waals surface area contributed by atoms with Crippen LogP contribution in [0.5, 0.6) is 11.5 Å². The van der Waals surface area contributed by atoms with E-state index in [1.807, 2.05) is 6.07 Å². The molecule has 1 aliphatic heterocycles. The molecule has 1 fully saturated rings. The van der Waals surface area contributed by atoms with Crippen LogP contribution in [0.15, 0.2) is 12.1 Å². The molecule has 0 aromatic heterocycles. The first-order valence-corrected chi connectivity index (χ1v) is 7.71. The average Bonchev–Trinajstić information content (AvgIpc) is 2.95. The molecule has 1 heterocycles. The van der Waals surface area contributed by atoms with E-state index in [2.05, 4.69) is 6.07 Å². The highest BCUT2D eigenvalue weighted by Crippen LogP contribution is 2.59. The number of hydrogen-bond acceptors (Lipinski definition) is 4. The third kappa shape index (κ3) is 1.63. The van der Waals surface area contributed by atoms with Crippen molar-refractivity contribution < 1.29 is 18.9 Å². The molecular formula is C17H22O4. The molecule has 3 unspecified atom stereocenters. The largest absolute Gasteiger partial charge is 0.493 e. The van der Waals surface area contributed by atoms with Crippen molar-refractivity contribution in [3.63, 3.8) is 0 Å². The van der Waals surface area contributed by atoms with E-state index >= 15 is 0 Å². The van der Waals surface area contributed by atoms with E-state index in [1.54, 1.807) is 21.3 Å². The minimum atomic E-state index is -0.639. The molecule has 0 N–H and O–H groups in total. The van der Waals surface area contributed by atoms with Crippen LogP contribution in [0.1, 0.15) is 36.3 Å². The summed E-state index contributed by atoms with van der Waals surface area (Å²) in [6.45, 7) is 0. The van der Waals surface area contributed by atoms with Gasteiger partial charge in [-0.2, -0.15) is 0 Å². The van der Waals surface area contributed by atoms with Gasteiger partial charge in [-0.15, -0.1) is 0 Å². The molecule has 1 aromatic rings. The first-order chi connectivity index (χ1) is 10.2. The lowest BCUT2D eigenvalue weighted by Crippen LogP contribution is -2.55. The van der Waals surface area contributed by atoms with Gasteiger partial charge in [0.25, 0.3) is 0 Å². The fourth-order valence-corrected chi connectivity index (χ4v) is 4.58. The lowest BCUT2D eigenvalue weighted by Gasteiger charge is -2.46. The summed E-state index contributed by atoms with van der Waals surface area (Å²) < 4.78 is 23.4. The van der Waals surface area contributed by atoms with Gasteiger partial charge in [-0.3, -0.25) is 0 Å². The summed E-state index contributed by atoms with van der Waals surface area (Å²) in [5.41, 5.74) is 2.74. The maximum atomic E-state index is 6.35. The number of hydrogen-bond donors (Lipinski definition) is 0. The van der Waals surface area contributed by atoms with Gasteiger partial charge in [0.2, 0.25) is 5.79 Å². The van der Waals surface area contributed by atoms with E-state index in [0.717, 1.165) is 30.8 Å². The average molecular weight is 290 g/mol. The lowest BCUT2D eigenvalue weighted by atomic mass is 9.66. The summed E-state index contributed by atoms with van der Waals surface area (Å²) in [5, 5.41) is 0. The molecule has 0 spiro atoms. The Morgan fingerprint density at radius 3 is 2.67 bits per heavy atom. The molecule has 1 saturated carbocycles. The van der Waals surface area contributed by atoms with Crippen LogP contribution in [0.3, 0.4) is 0 Å². The Morgan fingerprint density at radius 1 is 1.14 bits per heavy atom. The second-order valence-electron chi connectivity index (χ2n) is 6.29. The monoisotopic (exact) mass is 290 g/mol. The predicted molar refractivity (Wildman–Crippen MR) is 77.9 cm³/mol. The smallest absolute Gasteiger partial charge is 0.205 e. The van der Waals surface area contributed by atoms with Crippen LogP contribution < -0.4 is 9.47 Å². The third-order valence-electron chi connectivity index (χ3n) is 5.65. The summed E-state index contributed by atoms with van der Waals surface area (Å²) in [6.07, 6.45) is 4.31. The molecule has 0 bridgehead atoms. The van der Waals surface area contributed by atoms with Crippen LogP contribution in [-0.2, 0) is 15.9 Å². The van der Waals surface area contributed by atoms with Crippen LogP contribution in [-0.4, -0.2) is 33.2 Å². The Morgan fingerprint density at radius 2 is 1.95 bits per heavy atom. The van der Waals surface area contributed by atoms with Gasteiger partial charge < -0.3 is 18.9 Å². The van der Waals surface area contributed by atoms with Crippen molar-refractivity contribution in [2.45, 2.75) is 43.5 Å². The highest BCUT2D eigenvalue weighted by Gasteiger charge is 2.58. The topological polar surface area (TPSA) is 36.9 Å². The Hall–Kier alpha value is -1.26. The van der Waals surface area contributed by atoms with Gasteiger partial charge in [0, 0.05) is 32.1 Å². The van der Waals surface area contributed by atoms with Crippen molar-refractivity contribution in [2.75, 3.05) is 21.3 Å². The van der Waals surface area contributed by atoms with Crippen molar-refractivity contribution in [2.24, 2.45) is 5.92 Å². The van der Waals surface area contributed by atoms with Crippen LogP contribution in [0, 0.1) is 5.92 Å². The first-order valence-electron chi connectivity index (χ1n) is 7.71. The van der Waals surface area contributed by atoms with Crippen LogP contribution in [0.25, 0.3) is 0 Å². The van der Waals surface area contributed by atoms with E-state index < -0.39 is 5.79 Å². The molecule has 4 nitrogen and oxygen atoms in total. The Bertz CT molecular complexity index is 564. The molecule has 0 amide bonds. The molecule has 4 heteroatoms. The maximum Gasteiger partial charge on any atom is 0.205 e. The maximum absolute atomic E-state index is 6.35. The van der Waals surface area contributed by atoms with Gasteiger partial charge in [-0.1, -0.05) is 6.07 Å². The van der Waals surface area contributed by atoms with Gasteiger partial charge in [0.1, 0.15) is 0 Å². The van der Waals surface area contributed by atoms with Gasteiger partial charge in [0.05, 0.1) is 7.11 Å². The van der Waals surface area contributed by atoms with E-state index in [4.69, 9.17) is 18.9 Å². The minimum Gasteiger partial charge on any atom is -0.493 e. The number of methoxy groups -OCH3 is 3. The lowest BCUT2D eigenvalue weighted by molar-refractivity contribution is -0.272. The highest BCUT2D eigenvalue weighted by molar-refractivity contribution is 5.57. The standard InChI is InChI=1S/C17H22O4/c1-18-12-7-6-10-4-5-11-8-9-17(19-2,20-3)16-14(11)13(10)15(12)21-16/h6-7,11,14,16H,4-5,8-9H2,1-3H3. The number of benzene rings is 1. The van der Waals surface area contributed by atoms with Crippen molar-refractivity contribution in [1.82, 2.24) is 0 Å². The van der Waals surface area contributed by atoms with Crippen LogP contribution in [0.2, 0.25) is 0 Å². The van der Waals surface area contributed by atoms with Gasteiger partial charge >= 0.3 is 0 Å². The molecule has 21 heavy (non-hydrogen) atoms. The fourth-order valence-electron chi connectivity index (χ4n) is 4.58. The zero-order valence-electron chi connectivity index (χ0n) is 12.8. The summed E-state index contributed by atoms with van der Waals surface area (Å²) in [6, 6.07) is 4.21. The molecule has 114 valence electrons. The van der Waals surface area contributed by atoms with Gasteiger partial charge in [-0.05, 0) is 36.8 Å². The zero-order valence-corrected chi connectivity index (χ0v) is 12.8. The number of aryl methyl sites for hydroxylation is 1. The molecule has 1 aromatic carbocycles. The minimum absolute atomic E-state index is 0.0726. The SMILES string of the molecule is COc1ccc2c3c1OC1C3C(CC2)CCC1(OC)OC. The Balaban J connectivity index is 1.87. The highest BCUT2D eigenvalue weighted by atomic mass is 16.7. The second kappa shape index (κ2) is 4.62. The quantitative estimate of drug-likeness (QED) is 0.802. The number of ether oxygens (including phenoxy) is 4. The molecule has 0 saturated heterocycles. The molecule has 4 rings (SSSR count). The molecule has 0 radical (unpaired) electrons. The predicted octanol–water partition coefficient (Wildman–Crippen LogP) is 2.89. The first kappa shape index (κ1) is 13.4. The third-order valence-corrected chi connectivity index (χ3v) is 5.65. The van der Waals surface area contributed by atoms with Crippen molar-refractivity contribution in [3.8, 4) is 11.5 Å². The Labute approximate surface area is 125 Å². The molecular weight excluding hydrogens is 268 g/mol. The van der Waals surface area contributed by atoms with Crippen LogP contribution in [0.4, 0.5) is 0 Å². The fraction of sp³-hybridized carbons (Fsp3) is 0.647. The summed E-state index contributed by atoms with van der Waals surface area (Å²) in [7, 11) is 5.14. The normalized spacial score (nSPS) is 31.5. The summed E-state index contributed by atoms with van der Waals surface area (Å²) in [5.74, 6) is 2.13. The van der Waals surface area contributed by atoms with Gasteiger partial charge in [-0.25, -0.2) is 0 Å². The molecule has 2 aliphatic carbocycles. The molecule has 3 aliphatic rings. The van der Waals surface area contributed by atoms with E-state index in [0.29, 0.717) is 11.8 Å². The van der Waals surface area contributed by atoms with Crippen molar-refractivity contribution in [1.29, 1.82) is 0 Å². The zero-order chi connectivity index (χ0) is 14.6. The number of rotatable bonds is 3. The van der Waals surface area contributed by atoms with E-state index in [-0.39, 0.29) is 6.10 Å². The Kier molecular flexibility index (Phi) is 2.95. The summed E-state index contributed by atoms with van der Waals surface area (Å²) >= 11 is 0. The van der Waals surface area contributed by atoms with Crippen LogP contribution >= 0.6 is 0 Å². The van der Waals surface area contributed by atoms with Crippen molar-refractivity contribution in [3.05, 3.63) is 23.3 Å². The molecule has 3 atom stereocenters. The van der Waals surface area contributed by atoms with Crippen molar-refractivity contribution >= 4 is 0 Å². The van der Waals surface area contributed by atoms with E-state index in [9.17, 15) is 0 Å².